The summed E-state index contributed by atoms with van der Waals surface area (Å²) >= 11 is 0. The van der Waals surface area contributed by atoms with E-state index in [-0.39, 0.29) is 10.8 Å². The van der Waals surface area contributed by atoms with Crippen molar-refractivity contribution in [3.05, 3.63) is 54.1 Å². The van der Waals surface area contributed by atoms with E-state index >= 15 is 0 Å². The molecule has 0 atom stereocenters. The van der Waals surface area contributed by atoms with Crippen LogP contribution in [0.25, 0.3) is 0 Å². The Morgan fingerprint density at radius 1 is 1.00 bits per heavy atom. The number of nitrogens with zero attached hydrogens (tertiary/aromatic N) is 3. The molecule has 0 bridgehead atoms. The zero-order chi connectivity index (χ0) is 20.4. The van der Waals surface area contributed by atoms with Crippen molar-refractivity contribution in [1.29, 1.82) is 0 Å². The van der Waals surface area contributed by atoms with Gasteiger partial charge < -0.3 is 9.64 Å². The van der Waals surface area contributed by atoms with Gasteiger partial charge in [0.15, 0.2) is 0 Å². The number of piperazine rings is 1. The van der Waals surface area contributed by atoms with Crippen LogP contribution in [-0.2, 0) is 21.4 Å². The maximum Gasteiger partial charge on any atom is 0.243 e. The number of sulfonamides is 1. The van der Waals surface area contributed by atoms with Crippen LogP contribution in [0.2, 0.25) is 0 Å². The third-order valence-corrected chi connectivity index (χ3v) is 7.29. The molecule has 1 fully saturated rings. The smallest absolute Gasteiger partial charge is 0.243 e. The van der Waals surface area contributed by atoms with Crippen molar-refractivity contribution >= 4 is 21.6 Å². The first-order valence-electron chi connectivity index (χ1n) is 9.76. The Balaban J connectivity index is 1.48. The van der Waals surface area contributed by atoms with Crippen LogP contribution in [0.15, 0.2) is 53.4 Å². The van der Waals surface area contributed by atoms with Crippen molar-refractivity contribution in [3.8, 4) is 5.75 Å². The van der Waals surface area contributed by atoms with E-state index in [1.807, 2.05) is 18.2 Å². The molecule has 0 saturated carbocycles. The van der Waals surface area contributed by atoms with Crippen LogP contribution in [-0.4, -0.2) is 62.9 Å². The Morgan fingerprint density at radius 3 is 2.41 bits per heavy atom. The third kappa shape index (κ3) is 4.14. The highest BCUT2D eigenvalue weighted by Gasteiger charge is 2.30. The largest absolute Gasteiger partial charge is 0.490 e. The van der Waals surface area contributed by atoms with Crippen LogP contribution in [0, 0.1) is 0 Å². The molecule has 0 spiro atoms. The molecular formula is C21H25N3O4S. The fourth-order valence-electron chi connectivity index (χ4n) is 3.80. The number of carbonyl (C=O) groups is 1. The third-order valence-electron chi connectivity index (χ3n) is 5.39. The second kappa shape index (κ2) is 8.14. The van der Waals surface area contributed by atoms with Gasteiger partial charge in [-0.05, 0) is 23.8 Å². The standard InChI is InChI=1S/C21H25N3O4S/c1-17(25)24-13-14-28-21-8-7-19(15-20(21)24)29(26,27)23-11-9-22(10-12-23)16-18-5-3-2-4-6-18/h2-8,15H,9-14,16H2,1H3. The summed E-state index contributed by atoms with van der Waals surface area (Å²) in [6, 6.07) is 14.9. The molecule has 0 aliphatic carbocycles. The number of ether oxygens (including phenoxy) is 1. The molecule has 2 aliphatic heterocycles. The zero-order valence-corrected chi connectivity index (χ0v) is 17.3. The first-order chi connectivity index (χ1) is 13.9. The van der Waals surface area contributed by atoms with E-state index < -0.39 is 10.0 Å². The fraction of sp³-hybridized carbons (Fsp3) is 0.381. The number of amides is 1. The summed E-state index contributed by atoms with van der Waals surface area (Å²) in [7, 11) is -3.63. The lowest BCUT2D eigenvalue weighted by Gasteiger charge is -2.34. The molecule has 2 aromatic carbocycles. The number of carbonyl (C=O) groups excluding carboxylic acids is 1. The Bertz CT molecular complexity index is 986. The van der Waals surface area contributed by atoms with E-state index in [0.29, 0.717) is 50.8 Å². The van der Waals surface area contributed by atoms with Gasteiger partial charge in [-0.2, -0.15) is 4.31 Å². The second-order valence-corrected chi connectivity index (χ2v) is 9.25. The molecule has 0 unspecified atom stereocenters. The molecule has 2 aromatic rings. The van der Waals surface area contributed by atoms with Crippen molar-refractivity contribution < 1.29 is 17.9 Å². The Hall–Kier alpha value is -2.42. The highest BCUT2D eigenvalue weighted by Crippen LogP contribution is 2.34. The topological polar surface area (TPSA) is 70.2 Å². The van der Waals surface area contributed by atoms with Gasteiger partial charge in [0.05, 0.1) is 17.1 Å². The minimum absolute atomic E-state index is 0.126. The monoisotopic (exact) mass is 415 g/mol. The number of rotatable bonds is 4. The number of hydrogen-bond donors (Lipinski definition) is 0. The van der Waals surface area contributed by atoms with Gasteiger partial charge in [0.2, 0.25) is 15.9 Å². The van der Waals surface area contributed by atoms with Gasteiger partial charge in [0.1, 0.15) is 12.4 Å². The molecule has 0 radical (unpaired) electrons. The first-order valence-corrected chi connectivity index (χ1v) is 11.2. The van der Waals surface area contributed by atoms with E-state index in [4.69, 9.17) is 4.74 Å². The molecule has 2 heterocycles. The highest BCUT2D eigenvalue weighted by molar-refractivity contribution is 7.89. The molecule has 7 nitrogen and oxygen atoms in total. The van der Waals surface area contributed by atoms with E-state index in [0.717, 1.165) is 6.54 Å². The quantitative estimate of drug-likeness (QED) is 0.763. The van der Waals surface area contributed by atoms with Gasteiger partial charge in [-0.25, -0.2) is 8.42 Å². The van der Waals surface area contributed by atoms with Crippen LogP contribution in [0.3, 0.4) is 0 Å². The van der Waals surface area contributed by atoms with Gasteiger partial charge in [0, 0.05) is 39.6 Å². The molecule has 0 aromatic heterocycles. The maximum atomic E-state index is 13.2. The summed E-state index contributed by atoms with van der Waals surface area (Å²) < 4.78 is 33.5. The predicted octanol–water partition coefficient (Wildman–Crippen LogP) is 1.94. The summed E-state index contributed by atoms with van der Waals surface area (Å²) in [6.45, 7) is 5.37. The lowest BCUT2D eigenvalue weighted by Crippen LogP contribution is -2.48. The molecule has 1 saturated heterocycles. The number of anilines is 1. The predicted molar refractivity (Wildman–Crippen MR) is 110 cm³/mol. The average Bonchev–Trinajstić information content (AvgIpc) is 2.74. The lowest BCUT2D eigenvalue weighted by molar-refractivity contribution is -0.116. The number of benzene rings is 2. The van der Waals surface area contributed by atoms with Gasteiger partial charge in [0.25, 0.3) is 0 Å². The summed E-state index contributed by atoms with van der Waals surface area (Å²) in [5.74, 6) is 0.414. The van der Waals surface area contributed by atoms with E-state index in [2.05, 4.69) is 17.0 Å². The van der Waals surface area contributed by atoms with Crippen molar-refractivity contribution in [1.82, 2.24) is 9.21 Å². The van der Waals surface area contributed by atoms with Crippen LogP contribution in [0.5, 0.6) is 5.75 Å². The average molecular weight is 416 g/mol. The normalized spacial score (nSPS) is 18.2. The highest BCUT2D eigenvalue weighted by atomic mass is 32.2. The van der Waals surface area contributed by atoms with E-state index in [1.54, 1.807) is 23.1 Å². The summed E-state index contributed by atoms with van der Waals surface area (Å²) in [5, 5.41) is 0. The SMILES string of the molecule is CC(=O)N1CCOc2ccc(S(=O)(=O)N3CCN(Cc4ccccc4)CC3)cc21. The second-order valence-electron chi connectivity index (χ2n) is 7.31. The first kappa shape index (κ1) is 19.9. The number of hydrogen-bond acceptors (Lipinski definition) is 5. The maximum absolute atomic E-state index is 13.2. The molecule has 0 N–H and O–H groups in total. The Kier molecular flexibility index (Phi) is 5.58. The minimum Gasteiger partial charge on any atom is -0.490 e. The van der Waals surface area contributed by atoms with Crippen molar-refractivity contribution in [2.45, 2.75) is 18.4 Å². The summed E-state index contributed by atoms with van der Waals surface area (Å²) in [4.78, 5) is 15.9. The molecular weight excluding hydrogens is 390 g/mol. The van der Waals surface area contributed by atoms with Crippen molar-refractivity contribution in [2.75, 3.05) is 44.2 Å². The molecule has 1 amide bonds. The van der Waals surface area contributed by atoms with Crippen LogP contribution >= 0.6 is 0 Å². The van der Waals surface area contributed by atoms with Crippen LogP contribution in [0.1, 0.15) is 12.5 Å². The Morgan fingerprint density at radius 2 is 1.72 bits per heavy atom. The molecule has 4 rings (SSSR count). The molecule has 8 heteroatoms. The van der Waals surface area contributed by atoms with Crippen LogP contribution in [0.4, 0.5) is 5.69 Å². The molecule has 29 heavy (non-hydrogen) atoms. The van der Waals surface area contributed by atoms with Crippen molar-refractivity contribution in [3.63, 3.8) is 0 Å². The fourth-order valence-corrected chi connectivity index (χ4v) is 5.25. The number of fused-ring (bicyclic) bond motifs is 1. The van der Waals surface area contributed by atoms with Gasteiger partial charge in [-0.3, -0.25) is 9.69 Å². The molecule has 2 aliphatic rings. The van der Waals surface area contributed by atoms with Crippen molar-refractivity contribution in [2.24, 2.45) is 0 Å². The van der Waals surface area contributed by atoms with E-state index in [9.17, 15) is 13.2 Å². The zero-order valence-electron chi connectivity index (χ0n) is 16.5. The lowest BCUT2D eigenvalue weighted by atomic mass is 10.2. The Labute approximate surface area is 171 Å². The van der Waals surface area contributed by atoms with Crippen LogP contribution < -0.4 is 9.64 Å². The molecule has 154 valence electrons. The van der Waals surface area contributed by atoms with E-state index in [1.165, 1.54) is 16.8 Å². The van der Waals surface area contributed by atoms with Gasteiger partial charge in [-0.15, -0.1) is 0 Å². The summed E-state index contributed by atoms with van der Waals surface area (Å²) in [5.41, 5.74) is 1.75. The van der Waals surface area contributed by atoms with Gasteiger partial charge in [-0.1, -0.05) is 30.3 Å². The summed E-state index contributed by atoms with van der Waals surface area (Å²) in [6.07, 6.45) is 0. The van der Waals surface area contributed by atoms with Gasteiger partial charge >= 0.3 is 0 Å². The minimum atomic E-state index is -3.63.